The number of hydrogen-bond acceptors (Lipinski definition) is 5. The summed E-state index contributed by atoms with van der Waals surface area (Å²) in [5.74, 6) is -0.00109. The maximum absolute atomic E-state index is 13.2. The fraction of sp³-hybridized carbons (Fsp3) is 0.350. The van der Waals surface area contributed by atoms with Gasteiger partial charge in [0.15, 0.2) is 0 Å². The molecule has 0 unspecified atom stereocenters. The molecule has 0 aliphatic carbocycles. The number of carbonyl (C=O) groups is 1. The van der Waals surface area contributed by atoms with Gasteiger partial charge in [-0.2, -0.15) is 0 Å². The van der Waals surface area contributed by atoms with Crippen LogP contribution in [0.4, 0.5) is 0 Å². The van der Waals surface area contributed by atoms with E-state index in [4.69, 9.17) is 4.74 Å². The van der Waals surface area contributed by atoms with Gasteiger partial charge in [-0.05, 0) is 32.4 Å². The first kappa shape index (κ1) is 19.1. The van der Waals surface area contributed by atoms with Crippen molar-refractivity contribution in [3.05, 3.63) is 57.0 Å². The van der Waals surface area contributed by atoms with Crippen LogP contribution in [0, 0.1) is 0 Å². The van der Waals surface area contributed by atoms with Gasteiger partial charge in [-0.25, -0.2) is 9.78 Å². The van der Waals surface area contributed by atoms with Crippen LogP contribution in [0.1, 0.15) is 37.0 Å². The number of ether oxygens (including phenoxy) is 1. The second-order valence-electron chi connectivity index (χ2n) is 6.81. The average molecular weight is 386 g/mol. The van der Waals surface area contributed by atoms with Gasteiger partial charge in [0.2, 0.25) is 0 Å². The lowest BCUT2D eigenvalue weighted by atomic mass is 10.0. The molecule has 0 saturated heterocycles. The summed E-state index contributed by atoms with van der Waals surface area (Å²) in [5.41, 5.74) is -0.911. The smallest absolute Gasteiger partial charge is 0.329 e. The zero-order valence-electron chi connectivity index (χ0n) is 15.8. The number of carboxylic acid groups (broad SMARTS) is 1. The predicted molar refractivity (Wildman–Crippen MR) is 106 cm³/mol. The Morgan fingerprint density at radius 1 is 1.33 bits per heavy atom. The first-order chi connectivity index (χ1) is 12.8. The van der Waals surface area contributed by atoms with E-state index < -0.39 is 11.5 Å². The number of para-hydroxylation sites is 1. The van der Waals surface area contributed by atoms with Gasteiger partial charge in [-0.1, -0.05) is 25.1 Å². The summed E-state index contributed by atoms with van der Waals surface area (Å²) in [6.07, 6.45) is 1.09. The van der Waals surface area contributed by atoms with Crippen LogP contribution in [-0.4, -0.2) is 27.7 Å². The van der Waals surface area contributed by atoms with Gasteiger partial charge in [0.05, 0.1) is 12.5 Å². The normalized spacial score (nSPS) is 11.7. The van der Waals surface area contributed by atoms with Gasteiger partial charge >= 0.3 is 5.97 Å². The minimum absolute atomic E-state index is 0.297. The van der Waals surface area contributed by atoms with E-state index in [1.54, 1.807) is 7.11 Å². The number of aliphatic carboxylic acids is 1. The average Bonchev–Trinajstić information content (AvgIpc) is 3.05. The lowest BCUT2D eigenvalue weighted by molar-refractivity contribution is -0.146. The minimum Gasteiger partial charge on any atom is -0.496 e. The number of fused-ring (bicyclic) bond motifs is 1. The number of methoxy groups -OCH3 is 1. The first-order valence-electron chi connectivity index (χ1n) is 8.69. The van der Waals surface area contributed by atoms with Crippen LogP contribution >= 0.6 is 11.3 Å². The van der Waals surface area contributed by atoms with Gasteiger partial charge in [0, 0.05) is 16.9 Å². The van der Waals surface area contributed by atoms with Crippen LogP contribution in [0.25, 0.3) is 10.2 Å². The minimum atomic E-state index is -1.43. The van der Waals surface area contributed by atoms with E-state index in [0.29, 0.717) is 28.2 Å². The Kier molecular flexibility index (Phi) is 5.06. The number of nitrogens with zero attached hydrogens (tertiary/aromatic N) is 2. The van der Waals surface area contributed by atoms with E-state index in [0.717, 1.165) is 16.9 Å². The van der Waals surface area contributed by atoms with Crippen molar-refractivity contribution in [2.75, 3.05) is 7.11 Å². The highest BCUT2D eigenvalue weighted by Gasteiger charge is 2.34. The fourth-order valence-corrected chi connectivity index (χ4v) is 4.03. The molecule has 0 aliphatic heterocycles. The summed E-state index contributed by atoms with van der Waals surface area (Å²) in [6, 6.07) is 9.27. The molecule has 3 aromatic rings. The molecule has 3 rings (SSSR count). The van der Waals surface area contributed by atoms with E-state index in [-0.39, 0.29) is 5.56 Å². The van der Waals surface area contributed by atoms with Crippen LogP contribution in [0.2, 0.25) is 0 Å². The molecule has 142 valence electrons. The van der Waals surface area contributed by atoms with E-state index in [1.165, 1.54) is 29.8 Å². The molecule has 6 nitrogen and oxygen atoms in total. The van der Waals surface area contributed by atoms with E-state index in [2.05, 4.69) is 4.98 Å². The fourth-order valence-electron chi connectivity index (χ4n) is 3.06. The predicted octanol–water partition coefficient (Wildman–Crippen LogP) is 3.44. The molecule has 2 heterocycles. The Balaban J connectivity index is 2.29. The van der Waals surface area contributed by atoms with Crippen molar-refractivity contribution in [2.24, 2.45) is 0 Å². The zero-order valence-corrected chi connectivity index (χ0v) is 16.6. The van der Waals surface area contributed by atoms with Gasteiger partial charge in [-0.15, -0.1) is 11.3 Å². The van der Waals surface area contributed by atoms with Crippen LogP contribution < -0.4 is 10.3 Å². The molecule has 0 aliphatic rings. The molecule has 0 atom stereocenters. The van der Waals surface area contributed by atoms with Crippen molar-refractivity contribution in [3.8, 4) is 5.75 Å². The number of aryl methyl sites for hydroxylation is 1. The number of rotatable bonds is 6. The lowest BCUT2D eigenvalue weighted by Gasteiger charge is -2.25. The largest absolute Gasteiger partial charge is 0.496 e. The highest BCUT2D eigenvalue weighted by atomic mass is 32.1. The molecule has 0 radical (unpaired) electrons. The van der Waals surface area contributed by atoms with E-state index in [1.807, 2.05) is 37.3 Å². The summed E-state index contributed by atoms with van der Waals surface area (Å²) >= 11 is 1.47. The van der Waals surface area contributed by atoms with Gasteiger partial charge in [-0.3, -0.25) is 9.36 Å². The quantitative estimate of drug-likeness (QED) is 0.702. The van der Waals surface area contributed by atoms with Crippen molar-refractivity contribution < 1.29 is 14.6 Å². The molecule has 1 N–H and O–H groups in total. The summed E-state index contributed by atoms with van der Waals surface area (Å²) in [7, 11) is 1.58. The van der Waals surface area contributed by atoms with Gasteiger partial charge < -0.3 is 9.84 Å². The lowest BCUT2D eigenvalue weighted by Crippen LogP contribution is -2.44. The van der Waals surface area contributed by atoms with Crippen LogP contribution in [0.5, 0.6) is 5.75 Å². The van der Waals surface area contributed by atoms with Crippen molar-refractivity contribution in [2.45, 2.75) is 39.2 Å². The number of aromatic nitrogens is 2. The Bertz CT molecular complexity index is 1070. The van der Waals surface area contributed by atoms with Crippen molar-refractivity contribution in [1.82, 2.24) is 9.55 Å². The molecular formula is C20H22N2O4S. The van der Waals surface area contributed by atoms with Crippen LogP contribution in [0.3, 0.4) is 0 Å². The third-order valence-electron chi connectivity index (χ3n) is 4.66. The third kappa shape index (κ3) is 3.35. The van der Waals surface area contributed by atoms with Crippen LogP contribution in [-0.2, 0) is 23.2 Å². The van der Waals surface area contributed by atoms with E-state index in [9.17, 15) is 14.7 Å². The van der Waals surface area contributed by atoms with Crippen molar-refractivity contribution in [1.29, 1.82) is 0 Å². The van der Waals surface area contributed by atoms with Crippen LogP contribution in [0.15, 0.2) is 35.1 Å². The number of benzene rings is 1. The number of thiophene rings is 1. The molecule has 1 aromatic carbocycles. The van der Waals surface area contributed by atoms with Crippen molar-refractivity contribution in [3.63, 3.8) is 0 Å². The highest BCUT2D eigenvalue weighted by Crippen LogP contribution is 2.27. The summed E-state index contributed by atoms with van der Waals surface area (Å²) in [4.78, 5) is 31.5. The van der Waals surface area contributed by atoms with Gasteiger partial charge in [0.25, 0.3) is 5.56 Å². The zero-order chi connectivity index (χ0) is 19.8. The van der Waals surface area contributed by atoms with Gasteiger partial charge in [0.1, 0.15) is 21.9 Å². The Morgan fingerprint density at radius 2 is 2.04 bits per heavy atom. The second kappa shape index (κ2) is 7.15. The summed E-state index contributed by atoms with van der Waals surface area (Å²) < 4.78 is 6.70. The maximum atomic E-state index is 13.2. The topological polar surface area (TPSA) is 81.4 Å². The third-order valence-corrected chi connectivity index (χ3v) is 5.83. The Labute approximate surface area is 161 Å². The standard InChI is InChI=1S/C20H22N2O4S/c1-5-13-11-14-17(27-13)21-16(10-12-8-6-7-9-15(12)26-4)22(18(14)23)20(2,3)19(24)25/h6-9,11H,5,10H2,1-4H3,(H,24,25). The highest BCUT2D eigenvalue weighted by molar-refractivity contribution is 7.18. The number of hydrogen-bond donors (Lipinski definition) is 1. The SMILES string of the molecule is CCc1cc2c(=O)n(C(C)(C)C(=O)O)c(Cc3ccccc3OC)nc2s1. The maximum Gasteiger partial charge on any atom is 0.329 e. The van der Waals surface area contributed by atoms with E-state index >= 15 is 0 Å². The molecular weight excluding hydrogens is 364 g/mol. The molecule has 0 amide bonds. The second-order valence-corrected chi connectivity index (χ2v) is 7.92. The number of carboxylic acids is 1. The first-order valence-corrected chi connectivity index (χ1v) is 9.51. The Hall–Kier alpha value is -2.67. The molecule has 2 aromatic heterocycles. The monoisotopic (exact) mass is 386 g/mol. The molecule has 0 saturated carbocycles. The van der Waals surface area contributed by atoms with Crippen molar-refractivity contribution >= 4 is 27.5 Å². The molecule has 0 spiro atoms. The molecule has 0 fully saturated rings. The Morgan fingerprint density at radius 3 is 2.67 bits per heavy atom. The summed E-state index contributed by atoms with van der Waals surface area (Å²) in [5, 5.41) is 10.2. The summed E-state index contributed by atoms with van der Waals surface area (Å²) in [6.45, 7) is 5.05. The molecule has 0 bridgehead atoms. The molecule has 7 heteroatoms. The molecule has 27 heavy (non-hydrogen) atoms.